The molecule has 6 nitrogen and oxygen atoms in total. The number of carbonyl (C=O) groups is 1. The monoisotopic (exact) mass is 380 g/mol. The van der Waals surface area contributed by atoms with Crippen LogP contribution < -0.4 is 0 Å². The maximum absolute atomic E-state index is 13.1. The molecule has 0 aliphatic carbocycles. The predicted molar refractivity (Wildman–Crippen MR) is 102 cm³/mol. The molecule has 1 spiro atoms. The van der Waals surface area contributed by atoms with E-state index in [1.807, 2.05) is 44.2 Å². The van der Waals surface area contributed by atoms with Crippen LogP contribution >= 0.6 is 0 Å². The van der Waals surface area contributed by atoms with Gasteiger partial charge in [0, 0.05) is 24.6 Å². The van der Waals surface area contributed by atoms with E-state index < -0.39 is 21.4 Å². The quantitative estimate of drug-likeness (QED) is 0.872. The highest BCUT2D eigenvalue weighted by Crippen LogP contribution is 2.33. The van der Waals surface area contributed by atoms with E-state index in [4.69, 9.17) is 4.74 Å². The van der Waals surface area contributed by atoms with Gasteiger partial charge in [0.05, 0.1) is 27.6 Å². The van der Waals surface area contributed by atoms with Crippen LogP contribution in [0.1, 0.15) is 26.7 Å². The second kappa shape index (κ2) is 7.66. The van der Waals surface area contributed by atoms with Crippen LogP contribution in [0.4, 0.5) is 5.69 Å². The first kappa shape index (κ1) is 19.3. The van der Waals surface area contributed by atoms with E-state index in [2.05, 4.69) is 4.36 Å². The topological polar surface area (TPSA) is 79.2 Å². The van der Waals surface area contributed by atoms with Crippen LogP contribution in [0.3, 0.4) is 0 Å². The number of hydrogen-bond donors (Lipinski definition) is 1. The molecule has 1 aromatic carbocycles. The lowest BCUT2D eigenvalue weighted by atomic mass is 9.93. The molecule has 1 atom stereocenters. The van der Waals surface area contributed by atoms with Gasteiger partial charge in [-0.2, -0.15) is 4.36 Å². The van der Waals surface area contributed by atoms with Gasteiger partial charge >= 0.3 is 0 Å². The lowest BCUT2D eigenvalue weighted by molar-refractivity contribution is -0.161. The summed E-state index contributed by atoms with van der Waals surface area (Å²) >= 11 is 0. The van der Waals surface area contributed by atoms with Crippen molar-refractivity contribution in [2.24, 2.45) is 10.3 Å². The van der Waals surface area contributed by atoms with Crippen LogP contribution in [0.2, 0.25) is 0 Å². The lowest BCUT2D eigenvalue weighted by Crippen LogP contribution is -2.58. The van der Waals surface area contributed by atoms with Crippen LogP contribution in [0.5, 0.6) is 0 Å². The number of aliphatic hydroxyl groups excluding tert-OH is 1. The van der Waals surface area contributed by atoms with Gasteiger partial charge in [0.2, 0.25) is 0 Å². The Kier molecular flexibility index (Phi) is 5.69. The molecule has 2 saturated heterocycles. The van der Waals surface area contributed by atoms with Gasteiger partial charge in [-0.1, -0.05) is 32.0 Å². The Balaban J connectivity index is 1.69. The Morgan fingerprint density at radius 1 is 1.27 bits per heavy atom. The minimum atomic E-state index is -2.29. The standard InChI is InChI=1S/C19H28N2O4S/c1-15(2)17(22)18(23)21-10-11-25-19(14-21)8-12-26(24,13-9-19)20-16-6-4-3-5-7-16/h3-7,15,17,22H,8-14H2,1-2H3/t17-,19?,26?/m0/s1. The number of amides is 1. The van der Waals surface area contributed by atoms with Gasteiger partial charge in [-0.25, -0.2) is 4.21 Å². The Bertz CT molecular complexity index is 742. The van der Waals surface area contributed by atoms with Gasteiger partial charge in [0.25, 0.3) is 5.91 Å². The number of rotatable bonds is 3. The number of hydrogen-bond acceptors (Lipinski definition) is 5. The highest BCUT2D eigenvalue weighted by atomic mass is 32.2. The number of carbonyl (C=O) groups excluding carboxylic acids is 1. The molecule has 2 aliphatic rings. The third-order valence-corrected chi connectivity index (χ3v) is 7.45. The lowest BCUT2D eigenvalue weighted by Gasteiger charge is -2.45. The summed E-state index contributed by atoms with van der Waals surface area (Å²) in [6.07, 6.45) is 0.249. The van der Waals surface area contributed by atoms with Crippen molar-refractivity contribution in [2.45, 2.75) is 38.4 Å². The molecule has 0 bridgehead atoms. The molecule has 2 aliphatic heterocycles. The average Bonchev–Trinajstić information content (AvgIpc) is 2.64. The van der Waals surface area contributed by atoms with Crippen molar-refractivity contribution in [1.29, 1.82) is 0 Å². The molecule has 2 heterocycles. The van der Waals surface area contributed by atoms with Crippen molar-refractivity contribution in [3.05, 3.63) is 30.3 Å². The molecule has 3 rings (SSSR count). The zero-order valence-electron chi connectivity index (χ0n) is 15.5. The van der Waals surface area contributed by atoms with Crippen LogP contribution in [-0.4, -0.2) is 63.0 Å². The summed E-state index contributed by atoms with van der Waals surface area (Å²) in [7, 11) is -2.29. The van der Waals surface area contributed by atoms with Crippen molar-refractivity contribution in [2.75, 3.05) is 31.2 Å². The first-order chi connectivity index (χ1) is 12.3. The summed E-state index contributed by atoms with van der Waals surface area (Å²) in [5.74, 6) is 0.590. The number of benzene rings is 1. The summed E-state index contributed by atoms with van der Waals surface area (Å²) < 4.78 is 23.6. The van der Waals surface area contributed by atoms with Gasteiger partial charge in [0.1, 0.15) is 6.10 Å². The van der Waals surface area contributed by atoms with E-state index >= 15 is 0 Å². The zero-order chi connectivity index (χ0) is 18.8. The predicted octanol–water partition coefficient (Wildman–Crippen LogP) is 2.19. The van der Waals surface area contributed by atoms with E-state index in [-0.39, 0.29) is 11.8 Å². The number of ether oxygens (including phenoxy) is 1. The maximum Gasteiger partial charge on any atom is 0.251 e. The van der Waals surface area contributed by atoms with Crippen molar-refractivity contribution >= 4 is 21.3 Å². The van der Waals surface area contributed by atoms with Gasteiger partial charge in [-0.05, 0) is 30.9 Å². The first-order valence-corrected chi connectivity index (χ1v) is 11.1. The molecule has 0 saturated carbocycles. The van der Waals surface area contributed by atoms with E-state index in [1.54, 1.807) is 4.90 Å². The normalized spacial score (nSPS) is 30.4. The average molecular weight is 381 g/mol. The Morgan fingerprint density at radius 2 is 1.92 bits per heavy atom. The molecule has 26 heavy (non-hydrogen) atoms. The van der Waals surface area contributed by atoms with Crippen LogP contribution in [0.15, 0.2) is 34.7 Å². The van der Waals surface area contributed by atoms with Crippen LogP contribution in [-0.2, 0) is 19.3 Å². The van der Waals surface area contributed by atoms with Crippen molar-refractivity contribution < 1.29 is 18.8 Å². The van der Waals surface area contributed by atoms with E-state index in [1.165, 1.54) is 0 Å². The van der Waals surface area contributed by atoms with E-state index in [0.717, 1.165) is 5.69 Å². The van der Waals surface area contributed by atoms with Gasteiger partial charge < -0.3 is 14.7 Å². The van der Waals surface area contributed by atoms with Crippen LogP contribution in [0.25, 0.3) is 0 Å². The summed E-state index contributed by atoms with van der Waals surface area (Å²) in [4.78, 5) is 14.2. The molecule has 0 aromatic heterocycles. The third kappa shape index (κ3) is 4.27. The first-order valence-electron chi connectivity index (χ1n) is 9.21. The molecule has 144 valence electrons. The molecular weight excluding hydrogens is 352 g/mol. The Morgan fingerprint density at radius 3 is 2.54 bits per heavy atom. The number of morpholine rings is 1. The van der Waals surface area contributed by atoms with Crippen molar-refractivity contribution in [1.82, 2.24) is 4.90 Å². The Hall–Kier alpha value is -1.44. The third-order valence-electron chi connectivity index (χ3n) is 5.23. The maximum atomic E-state index is 13.1. The second-order valence-corrected chi connectivity index (χ2v) is 10.1. The summed E-state index contributed by atoms with van der Waals surface area (Å²) in [6.45, 7) is 5.07. The van der Waals surface area contributed by atoms with Gasteiger partial charge in [-0.3, -0.25) is 4.79 Å². The molecule has 1 aromatic rings. The molecule has 7 heteroatoms. The molecule has 1 N–H and O–H groups in total. The fourth-order valence-electron chi connectivity index (χ4n) is 3.50. The van der Waals surface area contributed by atoms with E-state index in [0.29, 0.717) is 44.0 Å². The molecule has 2 fully saturated rings. The molecule has 0 unspecified atom stereocenters. The Labute approximate surface area is 155 Å². The minimum Gasteiger partial charge on any atom is -0.383 e. The summed E-state index contributed by atoms with van der Waals surface area (Å²) in [5, 5.41) is 10.1. The highest BCUT2D eigenvalue weighted by molar-refractivity contribution is 7.93. The highest BCUT2D eigenvalue weighted by Gasteiger charge is 2.43. The molecule has 0 radical (unpaired) electrons. The van der Waals surface area contributed by atoms with Crippen molar-refractivity contribution in [3.63, 3.8) is 0 Å². The number of aliphatic hydroxyl groups is 1. The van der Waals surface area contributed by atoms with Crippen molar-refractivity contribution in [3.8, 4) is 0 Å². The zero-order valence-corrected chi connectivity index (χ0v) is 16.3. The SMILES string of the molecule is CC(C)[C@H](O)C(=O)N1CCOC2(CCS(=O)(=Nc3ccccc3)CC2)C1. The number of nitrogens with zero attached hydrogens (tertiary/aromatic N) is 2. The fourth-order valence-corrected chi connectivity index (χ4v) is 5.77. The largest absolute Gasteiger partial charge is 0.383 e. The molecule has 1 amide bonds. The van der Waals surface area contributed by atoms with Gasteiger partial charge in [0.15, 0.2) is 0 Å². The minimum absolute atomic E-state index is 0.115. The smallest absolute Gasteiger partial charge is 0.251 e. The van der Waals surface area contributed by atoms with Gasteiger partial charge in [-0.15, -0.1) is 0 Å². The van der Waals surface area contributed by atoms with Crippen LogP contribution in [0, 0.1) is 5.92 Å². The fraction of sp³-hybridized carbons (Fsp3) is 0.632. The summed E-state index contributed by atoms with van der Waals surface area (Å²) in [5.41, 5.74) is 0.285. The van der Waals surface area contributed by atoms with E-state index in [9.17, 15) is 14.1 Å². The second-order valence-electron chi connectivity index (χ2n) is 7.59. The summed E-state index contributed by atoms with van der Waals surface area (Å²) in [6, 6.07) is 9.41. The molecular formula is C19H28N2O4S.